The summed E-state index contributed by atoms with van der Waals surface area (Å²) in [5.41, 5.74) is 1.15. The van der Waals surface area contributed by atoms with Crippen LogP contribution in [0.25, 0.3) is 0 Å². The molecule has 0 saturated carbocycles. The molecule has 0 aromatic heterocycles. The molecule has 0 bridgehead atoms. The highest BCUT2D eigenvalue weighted by Gasteiger charge is 2.17. The fraction of sp³-hybridized carbons (Fsp3) is 0.647. The minimum absolute atomic E-state index is 0.0835. The smallest absolute Gasteiger partial charge is 0.124 e. The second kappa shape index (κ2) is 10.6. The van der Waals surface area contributed by atoms with Crippen LogP contribution in [0, 0.1) is 0 Å². The first-order valence-corrected chi connectivity index (χ1v) is 7.78. The van der Waals surface area contributed by atoms with Crippen LogP contribution < -0.4 is 10.1 Å². The molecule has 4 heteroatoms. The molecule has 0 amide bonds. The molecule has 0 aliphatic heterocycles. The van der Waals surface area contributed by atoms with Gasteiger partial charge >= 0.3 is 0 Å². The first-order chi connectivity index (χ1) is 10.2. The molecule has 0 radical (unpaired) electrons. The quantitative estimate of drug-likeness (QED) is 0.680. The Bertz CT molecular complexity index is 384. The fourth-order valence-electron chi connectivity index (χ4n) is 2.18. The van der Waals surface area contributed by atoms with Crippen molar-refractivity contribution in [2.45, 2.75) is 39.3 Å². The van der Waals surface area contributed by atoms with Crippen LogP contribution in [0.2, 0.25) is 0 Å². The van der Waals surface area contributed by atoms with Crippen LogP contribution >= 0.6 is 0 Å². The minimum Gasteiger partial charge on any atom is -0.494 e. The maximum Gasteiger partial charge on any atom is 0.124 e. The third kappa shape index (κ3) is 6.46. The predicted molar refractivity (Wildman–Crippen MR) is 85.9 cm³/mol. The van der Waals surface area contributed by atoms with E-state index >= 15 is 0 Å². The van der Waals surface area contributed by atoms with Gasteiger partial charge in [-0.1, -0.05) is 25.1 Å². The lowest BCUT2D eigenvalue weighted by molar-refractivity contribution is -0.000783. The maximum atomic E-state index is 5.89. The van der Waals surface area contributed by atoms with Crippen LogP contribution in [0.1, 0.15) is 38.8 Å². The van der Waals surface area contributed by atoms with Crippen LogP contribution in [-0.4, -0.2) is 39.6 Å². The number of nitrogens with one attached hydrogen (secondary N) is 1. The molecule has 0 heterocycles. The predicted octanol–water partition coefficient (Wildman–Crippen LogP) is 3.18. The van der Waals surface area contributed by atoms with Crippen LogP contribution in [0.3, 0.4) is 0 Å². The van der Waals surface area contributed by atoms with Crippen LogP contribution in [0.5, 0.6) is 5.75 Å². The number of hydrogen-bond acceptors (Lipinski definition) is 4. The molecule has 120 valence electrons. The van der Waals surface area contributed by atoms with Crippen LogP contribution in [-0.2, 0) is 9.47 Å². The molecule has 1 N–H and O–H groups in total. The van der Waals surface area contributed by atoms with Crippen molar-refractivity contribution in [1.29, 1.82) is 0 Å². The summed E-state index contributed by atoms with van der Waals surface area (Å²) in [6.45, 7) is 9.01. The van der Waals surface area contributed by atoms with Crippen molar-refractivity contribution in [3.63, 3.8) is 0 Å². The lowest BCUT2D eigenvalue weighted by Gasteiger charge is -2.23. The standard InChI is InChI=1S/C17H29NO3/c1-5-11-18-16(13-21-14(3)12-19-4)15-9-7-8-10-17(15)20-6-2/h7-10,14,16,18H,5-6,11-13H2,1-4H3. The monoisotopic (exact) mass is 295 g/mol. The van der Waals surface area contributed by atoms with Gasteiger partial charge in [-0.2, -0.15) is 0 Å². The van der Waals surface area contributed by atoms with Crippen molar-refractivity contribution in [2.75, 3.05) is 33.5 Å². The summed E-state index contributed by atoms with van der Waals surface area (Å²) in [4.78, 5) is 0. The van der Waals surface area contributed by atoms with Crippen molar-refractivity contribution in [3.05, 3.63) is 29.8 Å². The summed E-state index contributed by atoms with van der Waals surface area (Å²) in [5, 5.41) is 3.54. The Morgan fingerprint density at radius 2 is 1.90 bits per heavy atom. The van der Waals surface area contributed by atoms with Crippen molar-refractivity contribution < 1.29 is 14.2 Å². The molecule has 21 heavy (non-hydrogen) atoms. The Morgan fingerprint density at radius 1 is 1.14 bits per heavy atom. The maximum absolute atomic E-state index is 5.89. The molecule has 1 aromatic rings. The number of para-hydroxylation sites is 1. The first-order valence-electron chi connectivity index (χ1n) is 7.78. The van der Waals surface area contributed by atoms with E-state index in [9.17, 15) is 0 Å². The zero-order valence-electron chi connectivity index (χ0n) is 13.7. The highest BCUT2D eigenvalue weighted by atomic mass is 16.5. The molecule has 4 nitrogen and oxygen atoms in total. The molecule has 1 rings (SSSR count). The van der Waals surface area contributed by atoms with Crippen LogP contribution in [0.15, 0.2) is 24.3 Å². The summed E-state index contributed by atoms with van der Waals surface area (Å²) in [6, 6.07) is 8.28. The van der Waals surface area contributed by atoms with Gasteiger partial charge in [-0.25, -0.2) is 0 Å². The average Bonchev–Trinajstić information content (AvgIpc) is 2.49. The van der Waals surface area contributed by atoms with Gasteiger partial charge in [-0.3, -0.25) is 0 Å². The summed E-state index contributed by atoms with van der Waals surface area (Å²) >= 11 is 0. The summed E-state index contributed by atoms with van der Waals surface area (Å²) < 4.78 is 16.7. The molecular weight excluding hydrogens is 266 g/mol. The van der Waals surface area contributed by atoms with E-state index in [1.165, 1.54) is 0 Å². The van der Waals surface area contributed by atoms with E-state index in [0.717, 1.165) is 24.3 Å². The highest BCUT2D eigenvalue weighted by Crippen LogP contribution is 2.25. The minimum atomic E-state index is 0.0835. The van der Waals surface area contributed by atoms with Crippen molar-refractivity contribution in [1.82, 2.24) is 5.32 Å². The third-order valence-electron chi connectivity index (χ3n) is 3.18. The zero-order valence-corrected chi connectivity index (χ0v) is 13.7. The van der Waals surface area contributed by atoms with E-state index in [2.05, 4.69) is 18.3 Å². The van der Waals surface area contributed by atoms with E-state index in [4.69, 9.17) is 14.2 Å². The van der Waals surface area contributed by atoms with Crippen LogP contribution in [0.4, 0.5) is 0 Å². The molecule has 1 aromatic carbocycles. The van der Waals surface area contributed by atoms with Crippen molar-refractivity contribution in [3.8, 4) is 5.75 Å². The molecule has 0 spiro atoms. The van der Waals surface area contributed by atoms with Crippen molar-refractivity contribution >= 4 is 0 Å². The average molecular weight is 295 g/mol. The number of hydrogen-bond donors (Lipinski definition) is 1. The first kappa shape index (κ1) is 18.0. The SMILES string of the molecule is CCCNC(COC(C)COC)c1ccccc1OCC. The Hall–Kier alpha value is -1.10. The second-order valence-electron chi connectivity index (χ2n) is 5.08. The molecule has 2 atom stereocenters. The molecule has 2 unspecified atom stereocenters. The number of benzene rings is 1. The number of methoxy groups -OCH3 is 1. The van der Waals surface area contributed by atoms with E-state index in [0.29, 0.717) is 19.8 Å². The summed E-state index contributed by atoms with van der Waals surface area (Å²) in [7, 11) is 1.69. The van der Waals surface area contributed by atoms with Crippen molar-refractivity contribution in [2.24, 2.45) is 0 Å². The van der Waals surface area contributed by atoms with E-state index in [-0.39, 0.29) is 12.1 Å². The second-order valence-corrected chi connectivity index (χ2v) is 5.08. The Balaban J connectivity index is 2.76. The zero-order chi connectivity index (χ0) is 15.5. The van der Waals surface area contributed by atoms with Gasteiger partial charge in [0.15, 0.2) is 0 Å². The Morgan fingerprint density at radius 3 is 2.57 bits per heavy atom. The normalized spacial score (nSPS) is 13.9. The van der Waals surface area contributed by atoms with E-state index in [1.807, 2.05) is 32.0 Å². The Kier molecular flexibility index (Phi) is 9.06. The number of rotatable bonds is 11. The van der Waals surface area contributed by atoms with Gasteiger partial charge in [0.25, 0.3) is 0 Å². The van der Waals surface area contributed by atoms with Gasteiger partial charge in [0.2, 0.25) is 0 Å². The molecule has 0 fully saturated rings. The van der Waals surface area contributed by atoms with E-state index in [1.54, 1.807) is 7.11 Å². The van der Waals surface area contributed by atoms with Gasteiger partial charge in [-0.05, 0) is 32.9 Å². The largest absolute Gasteiger partial charge is 0.494 e. The lowest BCUT2D eigenvalue weighted by atomic mass is 10.1. The van der Waals surface area contributed by atoms with Gasteiger partial charge < -0.3 is 19.5 Å². The van der Waals surface area contributed by atoms with Gasteiger partial charge in [0.05, 0.1) is 32.0 Å². The highest BCUT2D eigenvalue weighted by molar-refractivity contribution is 5.36. The topological polar surface area (TPSA) is 39.7 Å². The Labute approximate surface area is 128 Å². The van der Waals surface area contributed by atoms with E-state index < -0.39 is 0 Å². The summed E-state index contributed by atoms with van der Waals surface area (Å²) in [5.74, 6) is 0.927. The molecular formula is C17H29NO3. The molecule has 0 aliphatic rings. The number of ether oxygens (including phenoxy) is 3. The van der Waals surface area contributed by atoms with Gasteiger partial charge in [0.1, 0.15) is 5.75 Å². The lowest BCUT2D eigenvalue weighted by Crippen LogP contribution is -2.29. The fourth-order valence-corrected chi connectivity index (χ4v) is 2.18. The van der Waals surface area contributed by atoms with Gasteiger partial charge in [0, 0.05) is 12.7 Å². The summed E-state index contributed by atoms with van der Waals surface area (Å²) in [6.07, 6.45) is 1.17. The van der Waals surface area contributed by atoms with Gasteiger partial charge in [-0.15, -0.1) is 0 Å². The third-order valence-corrected chi connectivity index (χ3v) is 3.18. The molecule has 0 aliphatic carbocycles. The molecule has 0 saturated heterocycles.